The maximum absolute atomic E-state index is 13.1. The average Bonchev–Trinajstić information content (AvgIpc) is 3.06. The summed E-state index contributed by atoms with van der Waals surface area (Å²) < 4.78 is 5.83. The lowest BCUT2D eigenvalue weighted by atomic mass is 9.95. The van der Waals surface area contributed by atoms with Gasteiger partial charge in [0.15, 0.2) is 0 Å². The van der Waals surface area contributed by atoms with E-state index in [0.29, 0.717) is 22.0 Å². The number of aryl methyl sites for hydroxylation is 2. The molecule has 0 spiro atoms. The topological polar surface area (TPSA) is 96.5 Å². The Morgan fingerprint density at radius 3 is 2.76 bits per heavy atom. The van der Waals surface area contributed by atoms with Crippen LogP contribution in [0.15, 0.2) is 18.2 Å². The molecule has 3 amide bonds. The van der Waals surface area contributed by atoms with Crippen molar-refractivity contribution in [2.75, 3.05) is 17.7 Å². The number of ether oxygens (including phenoxy) is 1. The van der Waals surface area contributed by atoms with E-state index in [-0.39, 0.29) is 5.91 Å². The van der Waals surface area contributed by atoms with Gasteiger partial charge in [-0.25, -0.2) is 0 Å². The van der Waals surface area contributed by atoms with E-state index in [1.165, 1.54) is 18.3 Å². The van der Waals surface area contributed by atoms with E-state index >= 15 is 0 Å². The third-order valence-corrected chi connectivity index (χ3v) is 6.62. The molecule has 1 aromatic carbocycles. The lowest BCUT2D eigenvalue weighted by Crippen LogP contribution is -2.56. The Bertz CT molecular complexity index is 1030. The zero-order valence-corrected chi connectivity index (χ0v) is 17.4. The number of rotatable bonds is 3. The van der Waals surface area contributed by atoms with Crippen molar-refractivity contribution < 1.29 is 19.1 Å². The number of nitrogens with one attached hydrogen (secondary N) is 3. The van der Waals surface area contributed by atoms with Gasteiger partial charge in [0.1, 0.15) is 10.8 Å². The van der Waals surface area contributed by atoms with Gasteiger partial charge in [-0.15, -0.1) is 11.3 Å². The molecular formula is C21H23N3O4S. The molecule has 4 rings (SSSR count). The predicted molar refractivity (Wildman–Crippen MR) is 112 cm³/mol. The van der Waals surface area contributed by atoms with Gasteiger partial charge in [0.25, 0.3) is 23.3 Å². The zero-order valence-electron chi connectivity index (χ0n) is 16.6. The normalized spacial score (nSPS) is 20.0. The summed E-state index contributed by atoms with van der Waals surface area (Å²) >= 11 is 1.41. The van der Waals surface area contributed by atoms with Crippen molar-refractivity contribution in [3.63, 3.8) is 0 Å². The Morgan fingerprint density at radius 1 is 1.24 bits per heavy atom. The molecule has 7 nitrogen and oxygen atoms in total. The lowest BCUT2D eigenvalue weighted by molar-refractivity contribution is -0.143. The van der Waals surface area contributed by atoms with Crippen LogP contribution in [-0.4, -0.2) is 30.4 Å². The molecule has 0 radical (unpaired) electrons. The van der Waals surface area contributed by atoms with Crippen LogP contribution in [0, 0.1) is 6.92 Å². The summed E-state index contributed by atoms with van der Waals surface area (Å²) in [4.78, 5) is 39.5. The highest BCUT2D eigenvalue weighted by atomic mass is 32.1. The molecule has 1 unspecified atom stereocenters. The van der Waals surface area contributed by atoms with Gasteiger partial charge >= 0.3 is 0 Å². The first-order valence-corrected chi connectivity index (χ1v) is 10.4. The van der Waals surface area contributed by atoms with E-state index in [4.69, 9.17) is 4.74 Å². The first-order chi connectivity index (χ1) is 13.8. The van der Waals surface area contributed by atoms with Gasteiger partial charge < -0.3 is 20.7 Å². The van der Waals surface area contributed by atoms with Crippen LogP contribution >= 0.6 is 11.3 Å². The minimum absolute atomic E-state index is 0.236. The molecule has 152 valence electrons. The third kappa shape index (κ3) is 3.27. The van der Waals surface area contributed by atoms with Crippen LogP contribution in [0.3, 0.4) is 0 Å². The highest BCUT2D eigenvalue weighted by Gasteiger charge is 2.48. The Morgan fingerprint density at radius 2 is 2.00 bits per heavy atom. The molecule has 2 heterocycles. The fourth-order valence-electron chi connectivity index (χ4n) is 3.73. The van der Waals surface area contributed by atoms with Gasteiger partial charge in [-0.3, -0.25) is 14.4 Å². The summed E-state index contributed by atoms with van der Waals surface area (Å²) in [5.74, 6) is -0.953. The summed E-state index contributed by atoms with van der Waals surface area (Å²) in [6.45, 7) is 3.35. The van der Waals surface area contributed by atoms with Crippen LogP contribution in [0.1, 0.15) is 46.1 Å². The van der Waals surface area contributed by atoms with Crippen molar-refractivity contribution in [1.82, 2.24) is 5.32 Å². The minimum Gasteiger partial charge on any atom is -0.466 e. The summed E-state index contributed by atoms with van der Waals surface area (Å²) in [6.07, 6.45) is 3.78. The molecular weight excluding hydrogens is 390 g/mol. The molecule has 1 atom stereocenters. The second-order valence-corrected chi connectivity index (χ2v) is 8.64. The smallest absolute Gasteiger partial charge is 0.278 e. The Kier molecular flexibility index (Phi) is 4.82. The molecule has 0 fully saturated rings. The number of amides is 3. The lowest BCUT2D eigenvalue weighted by Gasteiger charge is -2.33. The van der Waals surface area contributed by atoms with Crippen LogP contribution < -0.4 is 20.7 Å². The van der Waals surface area contributed by atoms with Gasteiger partial charge in [0.05, 0.1) is 11.3 Å². The first-order valence-electron chi connectivity index (χ1n) is 9.62. The minimum atomic E-state index is -1.74. The number of fused-ring (bicyclic) bond motifs is 2. The summed E-state index contributed by atoms with van der Waals surface area (Å²) in [6, 6.07) is 5.38. The molecule has 0 bridgehead atoms. The first kappa shape index (κ1) is 19.4. The summed E-state index contributed by atoms with van der Waals surface area (Å²) in [7, 11) is 1.57. The Hall–Kier alpha value is -2.87. The molecule has 1 aliphatic heterocycles. The zero-order chi connectivity index (χ0) is 20.8. The Balaban J connectivity index is 1.66. The number of carbonyl (C=O) groups is 3. The number of carbonyl (C=O) groups excluding carboxylic acids is 3. The van der Waals surface area contributed by atoms with Crippen molar-refractivity contribution >= 4 is 39.7 Å². The van der Waals surface area contributed by atoms with E-state index < -0.39 is 17.4 Å². The number of benzene rings is 1. The van der Waals surface area contributed by atoms with Crippen molar-refractivity contribution in [3.05, 3.63) is 39.8 Å². The number of thiophene rings is 1. The summed E-state index contributed by atoms with van der Waals surface area (Å²) in [5, 5.41) is 8.67. The predicted octanol–water partition coefficient (Wildman–Crippen LogP) is 3.02. The largest absolute Gasteiger partial charge is 0.466 e. The van der Waals surface area contributed by atoms with E-state index in [2.05, 4.69) is 16.0 Å². The van der Waals surface area contributed by atoms with Gasteiger partial charge in [-0.05, 0) is 62.8 Å². The van der Waals surface area contributed by atoms with Gasteiger partial charge in [-0.2, -0.15) is 0 Å². The SMILES string of the molecule is CNC(=O)c1c(NC(=O)C2(C)Oc3ccc(C)cc3NC2=O)sc2c1CCCC2. The van der Waals surface area contributed by atoms with Gasteiger partial charge in [0, 0.05) is 11.9 Å². The van der Waals surface area contributed by atoms with E-state index in [1.807, 2.05) is 13.0 Å². The van der Waals surface area contributed by atoms with Crippen LogP contribution in [0.4, 0.5) is 10.7 Å². The van der Waals surface area contributed by atoms with Crippen LogP contribution in [-0.2, 0) is 22.4 Å². The standard InChI is InChI=1S/C21H23N3O4S/c1-11-8-9-14-13(10-11)23-19(26)21(2,28-14)20(27)24-18-16(17(25)22-3)12-6-4-5-7-15(12)29-18/h8-10H,4-7H2,1-3H3,(H,22,25)(H,23,26)(H,24,27). The molecule has 1 aromatic heterocycles. The van der Waals surface area contributed by atoms with Crippen molar-refractivity contribution in [2.24, 2.45) is 0 Å². The number of anilines is 2. The Labute approximate surface area is 172 Å². The molecule has 29 heavy (non-hydrogen) atoms. The van der Waals surface area contributed by atoms with Crippen LogP contribution in [0.2, 0.25) is 0 Å². The second-order valence-electron chi connectivity index (χ2n) is 7.54. The third-order valence-electron chi connectivity index (χ3n) is 5.42. The van der Waals surface area contributed by atoms with Gasteiger partial charge in [-0.1, -0.05) is 6.07 Å². The number of hydrogen-bond donors (Lipinski definition) is 3. The van der Waals surface area contributed by atoms with Crippen molar-refractivity contribution in [1.29, 1.82) is 0 Å². The monoisotopic (exact) mass is 413 g/mol. The van der Waals surface area contributed by atoms with Crippen molar-refractivity contribution in [2.45, 2.75) is 45.1 Å². The highest BCUT2D eigenvalue weighted by Crippen LogP contribution is 2.40. The van der Waals surface area contributed by atoms with E-state index in [1.54, 1.807) is 19.2 Å². The maximum atomic E-state index is 13.1. The average molecular weight is 413 g/mol. The van der Waals surface area contributed by atoms with Gasteiger partial charge in [0.2, 0.25) is 0 Å². The second kappa shape index (κ2) is 7.18. The summed E-state index contributed by atoms with van der Waals surface area (Å²) in [5.41, 5.74) is 1.26. The van der Waals surface area contributed by atoms with Crippen LogP contribution in [0.25, 0.3) is 0 Å². The molecule has 3 N–H and O–H groups in total. The fourth-order valence-corrected chi connectivity index (χ4v) is 5.01. The number of hydrogen-bond acceptors (Lipinski definition) is 5. The molecule has 0 saturated heterocycles. The molecule has 8 heteroatoms. The van der Waals surface area contributed by atoms with Crippen molar-refractivity contribution in [3.8, 4) is 5.75 Å². The fraction of sp³-hybridized carbons (Fsp3) is 0.381. The maximum Gasteiger partial charge on any atom is 0.278 e. The van der Waals surface area contributed by atoms with E-state index in [9.17, 15) is 14.4 Å². The molecule has 0 saturated carbocycles. The highest BCUT2D eigenvalue weighted by molar-refractivity contribution is 7.17. The molecule has 2 aromatic rings. The molecule has 1 aliphatic carbocycles. The quantitative estimate of drug-likeness (QED) is 0.674. The molecule has 2 aliphatic rings. The van der Waals surface area contributed by atoms with E-state index in [0.717, 1.165) is 41.7 Å². The van der Waals surface area contributed by atoms with Crippen LogP contribution in [0.5, 0.6) is 5.75 Å².